The maximum atomic E-state index is 12.2. The molecule has 27 heavy (non-hydrogen) atoms. The Morgan fingerprint density at radius 1 is 1.26 bits per heavy atom. The lowest BCUT2D eigenvalue weighted by atomic mass is 10.2. The summed E-state index contributed by atoms with van der Waals surface area (Å²) in [6.45, 7) is 1.89. The molecule has 1 aromatic carbocycles. The van der Waals surface area contributed by atoms with E-state index in [1.165, 1.54) is 10.7 Å². The molecule has 0 saturated heterocycles. The van der Waals surface area contributed by atoms with E-state index in [9.17, 15) is 14.9 Å². The molecule has 9 nitrogen and oxygen atoms in total. The van der Waals surface area contributed by atoms with Gasteiger partial charge >= 0.3 is 5.82 Å². The van der Waals surface area contributed by atoms with Gasteiger partial charge < -0.3 is 15.4 Å². The van der Waals surface area contributed by atoms with Crippen LogP contribution in [-0.2, 0) is 17.9 Å². The van der Waals surface area contributed by atoms with E-state index in [1.807, 2.05) is 12.1 Å². The summed E-state index contributed by atoms with van der Waals surface area (Å²) in [5.74, 6) is -0.560. The second-order valence-electron chi connectivity index (χ2n) is 5.76. The van der Waals surface area contributed by atoms with Crippen molar-refractivity contribution in [3.05, 3.63) is 67.9 Å². The number of halogens is 2. The van der Waals surface area contributed by atoms with E-state index < -0.39 is 10.8 Å². The number of carbonyl (C=O) groups is 1. The smallest absolute Gasteiger partial charge is 0.358 e. The Balaban J connectivity index is 1.67. The fourth-order valence-electron chi connectivity index (χ4n) is 2.39. The Morgan fingerprint density at radius 2 is 1.96 bits per heavy atom. The largest absolute Gasteiger partial charge is 0.390 e. The normalized spacial score (nSPS) is 10.8. The monoisotopic (exact) mass is 408 g/mol. The molecule has 0 saturated carbocycles. The number of aryl methyl sites for hydroxylation is 1. The molecule has 1 N–H and O–H groups in total. The highest BCUT2D eigenvalue weighted by molar-refractivity contribution is 6.33. The van der Waals surface area contributed by atoms with Crippen LogP contribution >= 0.6 is 23.2 Å². The summed E-state index contributed by atoms with van der Waals surface area (Å²) in [5, 5.41) is 22.3. The van der Waals surface area contributed by atoms with Gasteiger partial charge in [0.2, 0.25) is 5.91 Å². The van der Waals surface area contributed by atoms with Crippen molar-refractivity contribution in [2.45, 2.75) is 20.0 Å². The predicted molar refractivity (Wildman–Crippen MR) is 100 cm³/mol. The standard InChI is InChI=1S/C16H14Cl2N6O3/c1-10-6-14(24(26)27)20-23(10)9-15(25)19-16-13(18)8-22(21-16)7-11-2-4-12(17)5-3-11/h2-6,8H,7,9H2,1H3,(H,19,21,25). The molecule has 3 rings (SSSR count). The number of aromatic nitrogens is 4. The molecule has 0 unspecified atom stereocenters. The van der Waals surface area contributed by atoms with Crippen molar-refractivity contribution >= 4 is 40.7 Å². The molecular formula is C16H14Cl2N6O3. The van der Waals surface area contributed by atoms with Crippen LogP contribution < -0.4 is 5.32 Å². The number of nitrogens with one attached hydrogen (secondary N) is 1. The minimum absolute atomic E-state index is 0.194. The number of nitro groups is 1. The minimum atomic E-state index is -0.614. The fourth-order valence-corrected chi connectivity index (χ4v) is 2.71. The zero-order valence-electron chi connectivity index (χ0n) is 14.1. The third kappa shape index (κ3) is 4.63. The summed E-state index contributed by atoms with van der Waals surface area (Å²) >= 11 is 12.0. The average Bonchev–Trinajstić information content (AvgIpc) is 3.13. The van der Waals surface area contributed by atoms with Gasteiger partial charge in [0.05, 0.1) is 23.4 Å². The lowest BCUT2D eigenvalue weighted by Gasteiger charge is -2.03. The molecule has 140 valence electrons. The van der Waals surface area contributed by atoms with Crippen LogP contribution in [-0.4, -0.2) is 30.4 Å². The molecule has 0 aliphatic carbocycles. The van der Waals surface area contributed by atoms with Crippen LogP contribution in [0, 0.1) is 17.0 Å². The quantitative estimate of drug-likeness (QED) is 0.497. The second-order valence-corrected chi connectivity index (χ2v) is 6.60. The Morgan fingerprint density at radius 3 is 2.59 bits per heavy atom. The van der Waals surface area contributed by atoms with E-state index in [-0.39, 0.29) is 23.2 Å². The highest BCUT2D eigenvalue weighted by Crippen LogP contribution is 2.21. The Hall–Kier alpha value is -2.91. The first-order valence-corrected chi connectivity index (χ1v) is 8.53. The van der Waals surface area contributed by atoms with Gasteiger partial charge in [0, 0.05) is 11.2 Å². The third-order valence-electron chi connectivity index (χ3n) is 3.68. The Kier molecular flexibility index (Phi) is 5.43. The molecule has 0 spiro atoms. The zero-order chi connectivity index (χ0) is 19.6. The average molecular weight is 409 g/mol. The molecule has 0 bridgehead atoms. The SMILES string of the molecule is Cc1cc([N+](=O)[O-])nn1CC(=O)Nc1nn(Cc2ccc(Cl)cc2)cc1Cl. The molecule has 0 radical (unpaired) electrons. The number of carbonyl (C=O) groups excluding carboxylic acids is 1. The van der Waals surface area contributed by atoms with Gasteiger partial charge in [-0.3, -0.25) is 9.48 Å². The third-order valence-corrected chi connectivity index (χ3v) is 4.21. The number of hydrogen-bond donors (Lipinski definition) is 1. The van der Waals surface area contributed by atoms with Gasteiger partial charge in [-0.25, -0.2) is 0 Å². The first-order valence-electron chi connectivity index (χ1n) is 7.78. The molecule has 0 fully saturated rings. The van der Waals surface area contributed by atoms with E-state index in [1.54, 1.807) is 29.9 Å². The van der Waals surface area contributed by atoms with Crippen molar-refractivity contribution in [1.29, 1.82) is 0 Å². The highest BCUT2D eigenvalue weighted by atomic mass is 35.5. The van der Waals surface area contributed by atoms with Gasteiger partial charge in [0.25, 0.3) is 0 Å². The minimum Gasteiger partial charge on any atom is -0.358 e. The van der Waals surface area contributed by atoms with E-state index in [0.29, 0.717) is 17.3 Å². The van der Waals surface area contributed by atoms with E-state index >= 15 is 0 Å². The Bertz CT molecular complexity index is 996. The van der Waals surface area contributed by atoms with Crippen LogP contribution in [0.4, 0.5) is 11.6 Å². The first-order chi connectivity index (χ1) is 12.8. The number of hydrogen-bond acceptors (Lipinski definition) is 5. The van der Waals surface area contributed by atoms with Crippen LogP contribution in [0.5, 0.6) is 0 Å². The zero-order valence-corrected chi connectivity index (χ0v) is 15.6. The molecule has 0 atom stereocenters. The second kappa shape index (κ2) is 7.77. The molecule has 11 heteroatoms. The van der Waals surface area contributed by atoms with Crippen LogP contribution in [0.15, 0.2) is 36.5 Å². The maximum absolute atomic E-state index is 12.2. The summed E-state index contributed by atoms with van der Waals surface area (Å²) in [5.41, 5.74) is 1.46. The molecule has 0 aliphatic rings. The fraction of sp³-hybridized carbons (Fsp3) is 0.188. The van der Waals surface area contributed by atoms with E-state index in [0.717, 1.165) is 5.56 Å². The van der Waals surface area contributed by atoms with Crippen molar-refractivity contribution < 1.29 is 9.72 Å². The van der Waals surface area contributed by atoms with Gasteiger partial charge in [-0.05, 0) is 29.5 Å². The van der Waals surface area contributed by atoms with E-state index in [2.05, 4.69) is 15.5 Å². The summed E-state index contributed by atoms with van der Waals surface area (Å²) in [6.07, 6.45) is 1.59. The molecule has 1 amide bonds. The topological polar surface area (TPSA) is 108 Å². The van der Waals surface area contributed by atoms with Gasteiger partial charge in [-0.1, -0.05) is 35.3 Å². The van der Waals surface area contributed by atoms with E-state index in [4.69, 9.17) is 23.2 Å². The number of benzene rings is 1. The molecule has 3 aromatic rings. The van der Waals surface area contributed by atoms with Gasteiger partial charge in [0.15, 0.2) is 5.82 Å². The van der Waals surface area contributed by atoms with Crippen LogP contribution in [0.1, 0.15) is 11.3 Å². The van der Waals surface area contributed by atoms with Gasteiger partial charge in [-0.15, -0.1) is 0 Å². The van der Waals surface area contributed by atoms with Crippen LogP contribution in [0.2, 0.25) is 10.0 Å². The number of nitrogens with zero attached hydrogens (tertiary/aromatic N) is 5. The van der Waals surface area contributed by atoms with Gasteiger partial charge in [0.1, 0.15) is 11.6 Å². The molecular weight excluding hydrogens is 395 g/mol. The Labute approximate surface area is 163 Å². The molecule has 2 aromatic heterocycles. The van der Waals surface area contributed by atoms with Crippen LogP contribution in [0.25, 0.3) is 0 Å². The molecule has 2 heterocycles. The lowest BCUT2D eigenvalue weighted by molar-refractivity contribution is -0.389. The van der Waals surface area contributed by atoms with Crippen molar-refractivity contribution in [2.24, 2.45) is 0 Å². The lowest BCUT2D eigenvalue weighted by Crippen LogP contribution is -2.21. The van der Waals surface area contributed by atoms with Crippen molar-refractivity contribution in [3.8, 4) is 0 Å². The summed E-state index contributed by atoms with van der Waals surface area (Å²) in [4.78, 5) is 22.3. The van der Waals surface area contributed by atoms with Crippen LogP contribution in [0.3, 0.4) is 0 Å². The first kappa shape index (κ1) is 18.9. The summed E-state index contributed by atoms with van der Waals surface area (Å²) in [6, 6.07) is 8.57. The highest BCUT2D eigenvalue weighted by Gasteiger charge is 2.18. The number of rotatable bonds is 6. The number of anilines is 1. The maximum Gasteiger partial charge on any atom is 0.390 e. The molecule has 0 aliphatic heterocycles. The van der Waals surface area contributed by atoms with Crippen molar-refractivity contribution in [3.63, 3.8) is 0 Å². The number of amides is 1. The van der Waals surface area contributed by atoms with Gasteiger partial charge in [-0.2, -0.15) is 9.78 Å². The summed E-state index contributed by atoms with van der Waals surface area (Å²) in [7, 11) is 0. The van der Waals surface area contributed by atoms with Crippen molar-refractivity contribution in [1.82, 2.24) is 19.6 Å². The predicted octanol–water partition coefficient (Wildman–Crippen LogP) is 3.29. The summed E-state index contributed by atoms with van der Waals surface area (Å²) < 4.78 is 2.83. The van der Waals surface area contributed by atoms with Crippen molar-refractivity contribution in [2.75, 3.05) is 5.32 Å².